The molecule has 5 nitrogen and oxygen atoms in total. The average molecular weight is 338 g/mol. The lowest BCUT2D eigenvalue weighted by Crippen LogP contribution is -2.31. The number of carbonyl (C=O) groups excluding carboxylic acids is 1. The van der Waals surface area contributed by atoms with Gasteiger partial charge in [-0.25, -0.2) is 9.78 Å². The number of nitrogens with zero attached hydrogens (tertiary/aromatic N) is 2. The molecule has 2 N–H and O–H groups in total. The highest BCUT2D eigenvalue weighted by atomic mass is 32.1. The largest absolute Gasteiger partial charge is 0.331 e. The summed E-state index contributed by atoms with van der Waals surface area (Å²) in [7, 11) is 0. The Kier molecular flexibility index (Phi) is 4.86. The van der Waals surface area contributed by atoms with Crippen molar-refractivity contribution in [3.8, 4) is 10.6 Å². The molecule has 0 radical (unpaired) electrons. The van der Waals surface area contributed by atoms with Crippen molar-refractivity contribution in [2.24, 2.45) is 0 Å². The number of rotatable bonds is 4. The Hall–Kier alpha value is -2.73. The molecule has 122 valence electrons. The Bertz CT molecular complexity index is 815. The maximum absolute atomic E-state index is 12.1. The number of amides is 2. The lowest BCUT2D eigenvalue weighted by molar-refractivity contribution is 0.249. The van der Waals surface area contributed by atoms with E-state index in [0.717, 1.165) is 27.5 Å². The Labute approximate surface area is 144 Å². The standard InChI is InChI=1S/C18H18N4OS/c1-12-11-24-17(20-12)14-5-7-16(8-6-14)22-18(23)21-13(2)15-4-3-9-19-10-15/h3-11,13H,1-2H3,(H2,21,22,23). The van der Waals surface area contributed by atoms with Gasteiger partial charge in [-0.2, -0.15) is 0 Å². The first-order valence-electron chi connectivity index (χ1n) is 7.62. The summed E-state index contributed by atoms with van der Waals surface area (Å²) in [5, 5.41) is 8.74. The SMILES string of the molecule is Cc1csc(-c2ccc(NC(=O)NC(C)c3cccnc3)cc2)n1. The van der Waals surface area contributed by atoms with Gasteiger partial charge in [0.15, 0.2) is 0 Å². The van der Waals surface area contributed by atoms with Gasteiger partial charge in [-0.1, -0.05) is 6.07 Å². The van der Waals surface area contributed by atoms with Crippen LogP contribution in [0.1, 0.15) is 24.2 Å². The Morgan fingerprint density at radius 3 is 2.62 bits per heavy atom. The first kappa shape index (κ1) is 16.1. The third kappa shape index (κ3) is 3.97. The molecule has 24 heavy (non-hydrogen) atoms. The third-order valence-corrected chi connectivity index (χ3v) is 4.55. The summed E-state index contributed by atoms with van der Waals surface area (Å²) in [5.74, 6) is 0. The van der Waals surface area contributed by atoms with Gasteiger partial charge in [-0.15, -0.1) is 11.3 Å². The highest BCUT2D eigenvalue weighted by Crippen LogP contribution is 2.24. The number of hydrogen-bond acceptors (Lipinski definition) is 4. The molecular weight excluding hydrogens is 320 g/mol. The zero-order valence-corrected chi connectivity index (χ0v) is 14.3. The Morgan fingerprint density at radius 2 is 2.00 bits per heavy atom. The molecule has 2 heterocycles. The van der Waals surface area contributed by atoms with Gasteiger partial charge < -0.3 is 10.6 Å². The van der Waals surface area contributed by atoms with Crippen molar-refractivity contribution >= 4 is 23.1 Å². The second-order valence-corrected chi connectivity index (χ2v) is 6.34. The van der Waals surface area contributed by atoms with Crippen LogP contribution in [0.2, 0.25) is 0 Å². The number of hydrogen-bond donors (Lipinski definition) is 2. The number of urea groups is 1. The fraction of sp³-hybridized carbons (Fsp3) is 0.167. The highest BCUT2D eigenvalue weighted by molar-refractivity contribution is 7.13. The van der Waals surface area contributed by atoms with E-state index >= 15 is 0 Å². The van der Waals surface area contributed by atoms with Gasteiger partial charge in [0.1, 0.15) is 5.01 Å². The van der Waals surface area contributed by atoms with Gasteiger partial charge in [-0.05, 0) is 49.7 Å². The summed E-state index contributed by atoms with van der Waals surface area (Å²) in [6.07, 6.45) is 3.46. The lowest BCUT2D eigenvalue weighted by atomic mass is 10.1. The monoisotopic (exact) mass is 338 g/mol. The van der Waals surface area contributed by atoms with Crippen LogP contribution in [0.5, 0.6) is 0 Å². The molecule has 6 heteroatoms. The van der Waals surface area contributed by atoms with Crippen LogP contribution in [0.25, 0.3) is 10.6 Å². The molecule has 1 unspecified atom stereocenters. The zero-order chi connectivity index (χ0) is 16.9. The molecule has 0 bridgehead atoms. The van der Waals surface area contributed by atoms with Gasteiger partial charge in [-0.3, -0.25) is 4.98 Å². The van der Waals surface area contributed by atoms with E-state index in [1.54, 1.807) is 23.7 Å². The fourth-order valence-electron chi connectivity index (χ4n) is 2.26. The summed E-state index contributed by atoms with van der Waals surface area (Å²) in [4.78, 5) is 20.6. The fourth-order valence-corrected chi connectivity index (χ4v) is 3.07. The van der Waals surface area contributed by atoms with Crippen molar-refractivity contribution in [3.05, 3.63) is 65.4 Å². The van der Waals surface area contributed by atoms with Crippen LogP contribution < -0.4 is 10.6 Å². The van der Waals surface area contributed by atoms with Crippen molar-refractivity contribution in [2.45, 2.75) is 19.9 Å². The average Bonchev–Trinajstić information content (AvgIpc) is 3.02. The molecule has 3 rings (SSSR count). The molecule has 0 aliphatic rings. The number of nitrogens with one attached hydrogen (secondary N) is 2. The summed E-state index contributed by atoms with van der Waals surface area (Å²) in [6.45, 7) is 3.90. The van der Waals surface area contributed by atoms with Crippen molar-refractivity contribution in [3.63, 3.8) is 0 Å². The Morgan fingerprint density at radius 1 is 1.21 bits per heavy atom. The van der Waals surface area contributed by atoms with E-state index in [2.05, 4.69) is 20.6 Å². The number of pyridine rings is 1. The van der Waals surface area contributed by atoms with E-state index in [9.17, 15) is 4.79 Å². The first-order valence-corrected chi connectivity index (χ1v) is 8.50. The molecule has 0 spiro atoms. The van der Waals surface area contributed by atoms with Crippen molar-refractivity contribution in [1.29, 1.82) is 0 Å². The summed E-state index contributed by atoms with van der Waals surface area (Å²) >= 11 is 1.61. The molecule has 3 aromatic rings. The zero-order valence-electron chi connectivity index (χ0n) is 13.5. The van der Waals surface area contributed by atoms with Crippen LogP contribution in [0.4, 0.5) is 10.5 Å². The Balaban J connectivity index is 1.60. The number of aryl methyl sites for hydroxylation is 1. The van der Waals surface area contributed by atoms with Gasteiger partial charge in [0.05, 0.1) is 6.04 Å². The molecule has 2 amide bonds. The van der Waals surface area contributed by atoms with Crippen molar-refractivity contribution < 1.29 is 4.79 Å². The number of benzene rings is 1. The van der Waals surface area contributed by atoms with E-state index in [4.69, 9.17) is 0 Å². The summed E-state index contributed by atoms with van der Waals surface area (Å²) in [5.41, 5.74) is 3.76. The van der Waals surface area contributed by atoms with Gasteiger partial charge in [0.25, 0.3) is 0 Å². The quantitative estimate of drug-likeness (QED) is 0.741. The van der Waals surface area contributed by atoms with Crippen LogP contribution in [-0.2, 0) is 0 Å². The van der Waals surface area contributed by atoms with Crippen LogP contribution in [0, 0.1) is 6.92 Å². The molecule has 0 saturated carbocycles. The van der Waals surface area contributed by atoms with Gasteiger partial charge >= 0.3 is 6.03 Å². The molecule has 0 fully saturated rings. The van der Waals surface area contributed by atoms with Crippen molar-refractivity contribution in [1.82, 2.24) is 15.3 Å². The second kappa shape index (κ2) is 7.23. The van der Waals surface area contributed by atoms with Crippen LogP contribution in [-0.4, -0.2) is 16.0 Å². The first-order chi connectivity index (χ1) is 11.6. The molecule has 0 aliphatic heterocycles. The number of aromatic nitrogens is 2. The topological polar surface area (TPSA) is 66.9 Å². The minimum atomic E-state index is -0.246. The summed E-state index contributed by atoms with van der Waals surface area (Å²) in [6, 6.07) is 11.1. The number of anilines is 1. The van der Waals surface area contributed by atoms with E-state index < -0.39 is 0 Å². The van der Waals surface area contributed by atoms with E-state index in [1.807, 2.05) is 55.6 Å². The van der Waals surface area contributed by atoms with Crippen molar-refractivity contribution in [2.75, 3.05) is 5.32 Å². The predicted molar refractivity (Wildman–Crippen MR) is 97.1 cm³/mol. The van der Waals surface area contributed by atoms with Crippen LogP contribution in [0.15, 0.2) is 54.2 Å². The summed E-state index contributed by atoms with van der Waals surface area (Å²) < 4.78 is 0. The van der Waals surface area contributed by atoms with E-state index in [1.165, 1.54) is 0 Å². The number of carbonyl (C=O) groups is 1. The van der Waals surface area contributed by atoms with E-state index in [-0.39, 0.29) is 12.1 Å². The molecule has 1 atom stereocenters. The third-order valence-electron chi connectivity index (χ3n) is 3.54. The maximum Gasteiger partial charge on any atom is 0.319 e. The molecule has 0 aliphatic carbocycles. The molecule has 2 aromatic heterocycles. The minimum Gasteiger partial charge on any atom is -0.331 e. The number of thiazole rings is 1. The minimum absolute atomic E-state index is 0.115. The predicted octanol–water partition coefficient (Wildman–Crippen LogP) is 4.40. The normalized spacial score (nSPS) is 11.8. The smallest absolute Gasteiger partial charge is 0.319 e. The van der Waals surface area contributed by atoms with E-state index in [0.29, 0.717) is 0 Å². The molecule has 1 aromatic carbocycles. The van der Waals surface area contributed by atoms with Crippen LogP contribution in [0.3, 0.4) is 0 Å². The highest BCUT2D eigenvalue weighted by Gasteiger charge is 2.10. The molecule has 0 saturated heterocycles. The van der Waals surface area contributed by atoms with Gasteiger partial charge in [0, 0.05) is 34.7 Å². The second-order valence-electron chi connectivity index (χ2n) is 5.48. The van der Waals surface area contributed by atoms with Crippen LogP contribution >= 0.6 is 11.3 Å². The maximum atomic E-state index is 12.1. The molecular formula is C18H18N4OS. The van der Waals surface area contributed by atoms with Gasteiger partial charge in [0.2, 0.25) is 0 Å². The lowest BCUT2D eigenvalue weighted by Gasteiger charge is -2.14.